The number of aromatic nitrogens is 4. The van der Waals surface area contributed by atoms with Gasteiger partial charge in [-0.05, 0) is 43.9 Å². The number of carbonyl (C=O) groups is 1. The molecule has 0 atom stereocenters. The minimum absolute atomic E-state index is 0.0174. The zero-order valence-electron chi connectivity index (χ0n) is 21.2. The van der Waals surface area contributed by atoms with Crippen molar-refractivity contribution in [3.8, 4) is 28.3 Å². The zero-order valence-corrected chi connectivity index (χ0v) is 21.2. The number of likely N-dealkylation sites (N-methyl/N-ethyl adjacent to an activating group) is 1. The van der Waals surface area contributed by atoms with Crippen LogP contribution in [0, 0.1) is 11.3 Å². The molecule has 9 heteroatoms. The van der Waals surface area contributed by atoms with E-state index in [1.165, 1.54) is 6.08 Å². The van der Waals surface area contributed by atoms with E-state index in [1.807, 2.05) is 42.3 Å². The number of hydrogen-bond acceptors (Lipinski definition) is 6. The predicted octanol–water partition coefficient (Wildman–Crippen LogP) is 3.13. The van der Waals surface area contributed by atoms with Crippen molar-refractivity contribution in [2.75, 3.05) is 51.7 Å². The van der Waals surface area contributed by atoms with Gasteiger partial charge in [-0.1, -0.05) is 18.7 Å². The average molecular weight is 495 g/mol. The first kappa shape index (κ1) is 24.3. The van der Waals surface area contributed by atoms with Gasteiger partial charge >= 0.3 is 0 Å². The summed E-state index contributed by atoms with van der Waals surface area (Å²) >= 11 is 0. The second kappa shape index (κ2) is 10.3. The summed E-state index contributed by atoms with van der Waals surface area (Å²) in [6.07, 6.45) is 8.85. The Kier molecular flexibility index (Phi) is 6.75. The highest BCUT2D eigenvalue weighted by atomic mass is 16.2. The molecule has 37 heavy (non-hydrogen) atoms. The Bertz CT molecular complexity index is 1470. The lowest BCUT2D eigenvalue weighted by atomic mass is 9.99. The molecule has 1 saturated heterocycles. The first-order valence-corrected chi connectivity index (χ1v) is 12.3. The van der Waals surface area contributed by atoms with Gasteiger partial charge < -0.3 is 14.7 Å². The molecule has 5 rings (SSSR count). The van der Waals surface area contributed by atoms with Crippen LogP contribution in [0.3, 0.4) is 0 Å². The molecule has 4 heterocycles. The van der Waals surface area contributed by atoms with Gasteiger partial charge in [-0.2, -0.15) is 15.5 Å². The number of pyridine rings is 1. The van der Waals surface area contributed by atoms with Gasteiger partial charge in [0.15, 0.2) is 0 Å². The Labute approximate surface area is 216 Å². The highest BCUT2D eigenvalue weighted by molar-refractivity contribution is 5.88. The molecule has 0 bridgehead atoms. The number of fused-ring (bicyclic) bond motifs is 1. The maximum Gasteiger partial charge on any atom is 0.246 e. The molecule has 0 N–H and O–H groups in total. The lowest BCUT2D eigenvalue weighted by Gasteiger charge is -2.35. The molecule has 1 aliphatic heterocycles. The Morgan fingerprint density at radius 1 is 1.05 bits per heavy atom. The van der Waals surface area contributed by atoms with Gasteiger partial charge in [-0.3, -0.25) is 9.48 Å². The van der Waals surface area contributed by atoms with Crippen LogP contribution in [0.15, 0.2) is 67.8 Å². The number of carbonyl (C=O) groups excluding carboxylic acids is 1. The molecule has 0 saturated carbocycles. The molecule has 4 aromatic rings. The first-order chi connectivity index (χ1) is 18.0. The van der Waals surface area contributed by atoms with E-state index in [-0.39, 0.29) is 5.91 Å². The molecule has 1 fully saturated rings. The van der Waals surface area contributed by atoms with Crippen molar-refractivity contribution in [2.24, 2.45) is 0 Å². The molecule has 9 nitrogen and oxygen atoms in total. The van der Waals surface area contributed by atoms with Crippen LogP contribution in [0.4, 0.5) is 5.69 Å². The largest absolute Gasteiger partial charge is 0.368 e. The molecular formula is C28H30N8O. The molecule has 0 unspecified atom stereocenters. The summed E-state index contributed by atoms with van der Waals surface area (Å²) in [5.74, 6) is -0.0174. The van der Waals surface area contributed by atoms with Gasteiger partial charge in [0.2, 0.25) is 5.91 Å². The van der Waals surface area contributed by atoms with Crippen molar-refractivity contribution in [1.29, 1.82) is 5.26 Å². The number of hydrogen-bond donors (Lipinski definition) is 0. The molecule has 0 spiro atoms. The third-order valence-electron chi connectivity index (χ3n) is 6.78. The smallest absolute Gasteiger partial charge is 0.246 e. The fraction of sp³-hybridized carbons (Fsp3) is 0.286. The van der Waals surface area contributed by atoms with Crippen molar-refractivity contribution in [3.63, 3.8) is 0 Å². The summed E-state index contributed by atoms with van der Waals surface area (Å²) in [6, 6.07) is 12.8. The Morgan fingerprint density at radius 3 is 2.49 bits per heavy atom. The van der Waals surface area contributed by atoms with Crippen molar-refractivity contribution in [2.45, 2.75) is 6.54 Å². The van der Waals surface area contributed by atoms with Crippen LogP contribution in [0.1, 0.15) is 5.56 Å². The van der Waals surface area contributed by atoms with E-state index < -0.39 is 0 Å². The number of anilines is 1. The van der Waals surface area contributed by atoms with E-state index >= 15 is 0 Å². The summed E-state index contributed by atoms with van der Waals surface area (Å²) in [6.45, 7) is 8.21. The van der Waals surface area contributed by atoms with Gasteiger partial charge in [-0.25, -0.2) is 4.52 Å². The third-order valence-corrected chi connectivity index (χ3v) is 6.78. The lowest BCUT2D eigenvalue weighted by molar-refractivity contribution is -0.126. The molecule has 0 aliphatic carbocycles. The first-order valence-electron chi connectivity index (χ1n) is 12.3. The van der Waals surface area contributed by atoms with Gasteiger partial charge in [0.05, 0.1) is 30.0 Å². The van der Waals surface area contributed by atoms with Crippen LogP contribution in [0.2, 0.25) is 0 Å². The molecular weight excluding hydrogens is 464 g/mol. The average Bonchev–Trinajstić information content (AvgIpc) is 3.58. The molecule has 1 aliphatic rings. The zero-order chi connectivity index (χ0) is 25.9. The number of rotatable bonds is 7. The van der Waals surface area contributed by atoms with Crippen molar-refractivity contribution in [1.82, 2.24) is 29.2 Å². The second-order valence-corrected chi connectivity index (χ2v) is 9.46. The van der Waals surface area contributed by atoms with Crippen molar-refractivity contribution < 1.29 is 4.79 Å². The monoisotopic (exact) mass is 494 g/mol. The second-order valence-electron chi connectivity index (χ2n) is 9.46. The highest BCUT2D eigenvalue weighted by Gasteiger charge is 2.20. The topological polar surface area (TPSA) is 85.7 Å². The Hall–Kier alpha value is -4.42. The summed E-state index contributed by atoms with van der Waals surface area (Å²) in [5.41, 5.74) is 6.37. The van der Waals surface area contributed by atoms with E-state index in [4.69, 9.17) is 0 Å². The predicted molar refractivity (Wildman–Crippen MR) is 144 cm³/mol. The molecule has 1 amide bonds. The van der Waals surface area contributed by atoms with Crippen LogP contribution >= 0.6 is 0 Å². The van der Waals surface area contributed by atoms with Crippen LogP contribution < -0.4 is 4.90 Å². The van der Waals surface area contributed by atoms with Crippen molar-refractivity contribution in [3.05, 3.63) is 73.3 Å². The number of nitrogens with zero attached hydrogens (tertiary/aromatic N) is 8. The van der Waals surface area contributed by atoms with Gasteiger partial charge in [-0.15, -0.1) is 0 Å². The van der Waals surface area contributed by atoms with Crippen LogP contribution in [0.5, 0.6) is 0 Å². The standard InChI is InChI=1S/C28H30N8O/c1-4-27(37)34-12-10-33(11-13-34)25-7-5-21(6-8-25)26-15-22(20-36-28(26)23(16-29)17-31-36)24-18-30-35(19-24)14-9-32(2)3/h4-8,15,17-20H,1,9-14H2,2-3H3. The maximum atomic E-state index is 11.9. The molecule has 0 radical (unpaired) electrons. The number of nitriles is 1. The van der Waals surface area contributed by atoms with Gasteiger partial charge in [0, 0.05) is 67.5 Å². The fourth-order valence-corrected chi connectivity index (χ4v) is 4.68. The summed E-state index contributed by atoms with van der Waals surface area (Å²) < 4.78 is 3.73. The number of amides is 1. The van der Waals surface area contributed by atoms with Crippen LogP contribution in [0.25, 0.3) is 27.8 Å². The van der Waals surface area contributed by atoms with E-state index in [1.54, 1.807) is 10.7 Å². The SMILES string of the molecule is C=CC(=O)N1CCN(c2ccc(-c3cc(-c4cnn(CCN(C)C)c4)cn4ncc(C#N)c34)cc2)CC1. The van der Waals surface area contributed by atoms with E-state index in [0.717, 1.165) is 59.6 Å². The third kappa shape index (κ3) is 4.97. The van der Waals surface area contributed by atoms with Crippen molar-refractivity contribution >= 4 is 17.1 Å². The number of benzene rings is 1. The summed E-state index contributed by atoms with van der Waals surface area (Å²) in [5, 5.41) is 18.7. The summed E-state index contributed by atoms with van der Waals surface area (Å²) in [7, 11) is 4.09. The highest BCUT2D eigenvalue weighted by Crippen LogP contribution is 2.33. The van der Waals surface area contributed by atoms with E-state index in [0.29, 0.717) is 18.7 Å². The van der Waals surface area contributed by atoms with Crippen LogP contribution in [-0.2, 0) is 11.3 Å². The molecule has 1 aromatic carbocycles. The Morgan fingerprint density at radius 2 is 1.81 bits per heavy atom. The van der Waals surface area contributed by atoms with E-state index in [9.17, 15) is 10.1 Å². The van der Waals surface area contributed by atoms with Crippen LogP contribution in [-0.4, -0.2) is 81.9 Å². The Balaban J connectivity index is 1.45. The number of piperazine rings is 1. The van der Waals surface area contributed by atoms with Gasteiger partial charge in [0.1, 0.15) is 6.07 Å². The molecule has 188 valence electrons. The normalized spacial score (nSPS) is 13.8. The minimum atomic E-state index is -0.0174. The minimum Gasteiger partial charge on any atom is -0.368 e. The quantitative estimate of drug-likeness (QED) is 0.367. The van der Waals surface area contributed by atoms with Gasteiger partial charge in [0.25, 0.3) is 0 Å². The lowest BCUT2D eigenvalue weighted by Crippen LogP contribution is -2.48. The molecule has 3 aromatic heterocycles. The summed E-state index contributed by atoms with van der Waals surface area (Å²) in [4.78, 5) is 18.1. The van der Waals surface area contributed by atoms with E-state index in [2.05, 4.69) is 63.0 Å². The maximum absolute atomic E-state index is 11.9. The fourth-order valence-electron chi connectivity index (χ4n) is 4.68.